The molecule has 1 rings (SSSR count). The van der Waals surface area contributed by atoms with Gasteiger partial charge in [0.25, 0.3) is 0 Å². The molecule has 0 bridgehead atoms. The van der Waals surface area contributed by atoms with Crippen molar-refractivity contribution in [3.8, 4) is 0 Å². The summed E-state index contributed by atoms with van der Waals surface area (Å²) in [5, 5.41) is 17.4. The molecular weight excluding hydrogens is 183 g/mol. The number of nitrogens with two attached hydrogens (primary N) is 1. The third-order valence-electron chi connectivity index (χ3n) is 1.39. The van der Waals surface area contributed by atoms with Gasteiger partial charge in [-0.1, -0.05) is 11.6 Å². The normalized spacial score (nSPS) is 10.0. The zero-order chi connectivity index (χ0) is 9.30. The average molecular weight is 189 g/mol. The Morgan fingerprint density at radius 2 is 2.00 bits per heavy atom. The van der Waals surface area contributed by atoms with Gasteiger partial charge in [0.15, 0.2) is 0 Å². The minimum atomic E-state index is -1.78. The standard InChI is InChI=1S/C6H6BClFNO2/c8-4-2-6(10)5(9)1-3(4)7(11)12/h1-2,11-12H,10H2. The summed E-state index contributed by atoms with van der Waals surface area (Å²) in [7, 11) is -1.78. The first-order valence-electron chi connectivity index (χ1n) is 3.13. The molecule has 0 aliphatic carbocycles. The lowest BCUT2D eigenvalue weighted by atomic mass is 9.80. The van der Waals surface area contributed by atoms with Crippen molar-refractivity contribution in [1.29, 1.82) is 0 Å². The van der Waals surface area contributed by atoms with Gasteiger partial charge in [0.05, 0.1) is 5.69 Å². The minimum absolute atomic E-state index is 0.0314. The van der Waals surface area contributed by atoms with Crippen molar-refractivity contribution in [1.82, 2.24) is 0 Å². The number of anilines is 1. The topological polar surface area (TPSA) is 66.5 Å². The fraction of sp³-hybridized carbons (Fsp3) is 0. The molecule has 0 saturated heterocycles. The number of halogens is 2. The van der Waals surface area contributed by atoms with Gasteiger partial charge in [-0.15, -0.1) is 0 Å². The fourth-order valence-corrected chi connectivity index (χ4v) is 1.05. The van der Waals surface area contributed by atoms with E-state index >= 15 is 0 Å². The highest BCUT2D eigenvalue weighted by molar-refractivity contribution is 6.62. The van der Waals surface area contributed by atoms with Crippen LogP contribution < -0.4 is 11.2 Å². The Bertz CT molecular complexity index is 308. The van der Waals surface area contributed by atoms with Crippen LogP contribution in [0, 0.1) is 5.82 Å². The minimum Gasteiger partial charge on any atom is -0.423 e. The number of hydrogen-bond acceptors (Lipinski definition) is 3. The zero-order valence-corrected chi connectivity index (χ0v) is 6.72. The molecule has 64 valence electrons. The second-order valence-electron chi connectivity index (χ2n) is 2.27. The van der Waals surface area contributed by atoms with Gasteiger partial charge in [-0.05, 0) is 12.1 Å². The average Bonchev–Trinajstić information content (AvgIpc) is 1.96. The number of nitrogen functional groups attached to an aromatic ring is 1. The van der Waals surface area contributed by atoms with Crippen molar-refractivity contribution in [2.24, 2.45) is 0 Å². The van der Waals surface area contributed by atoms with E-state index in [9.17, 15) is 4.39 Å². The van der Waals surface area contributed by atoms with E-state index < -0.39 is 12.9 Å². The van der Waals surface area contributed by atoms with Crippen molar-refractivity contribution in [2.75, 3.05) is 5.73 Å². The quantitative estimate of drug-likeness (QED) is 0.421. The molecule has 0 unspecified atom stereocenters. The molecule has 12 heavy (non-hydrogen) atoms. The van der Waals surface area contributed by atoms with E-state index in [1.807, 2.05) is 0 Å². The van der Waals surface area contributed by atoms with Crippen LogP contribution in [0.3, 0.4) is 0 Å². The lowest BCUT2D eigenvalue weighted by Gasteiger charge is -2.04. The monoisotopic (exact) mass is 189 g/mol. The van der Waals surface area contributed by atoms with Crippen LogP contribution in [0.2, 0.25) is 5.02 Å². The SMILES string of the molecule is Nc1cc(Cl)c(B(O)O)cc1F. The van der Waals surface area contributed by atoms with Crippen molar-refractivity contribution in [3.63, 3.8) is 0 Å². The Morgan fingerprint density at radius 1 is 1.42 bits per heavy atom. The van der Waals surface area contributed by atoms with Crippen LogP contribution in [0.15, 0.2) is 12.1 Å². The smallest absolute Gasteiger partial charge is 0.423 e. The highest BCUT2D eigenvalue weighted by Crippen LogP contribution is 2.14. The van der Waals surface area contributed by atoms with Crippen molar-refractivity contribution in [2.45, 2.75) is 0 Å². The maximum absolute atomic E-state index is 12.7. The van der Waals surface area contributed by atoms with E-state index in [1.54, 1.807) is 0 Å². The van der Waals surface area contributed by atoms with Crippen LogP contribution in [0.1, 0.15) is 0 Å². The molecule has 0 amide bonds. The van der Waals surface area contributed by atoms with E-state index in [1.165, 1.54) is 0 Å². The van der Waals surface area contributed by atoms with Crippen LogP contribution >= 0.6 is 11.6 Å². The van der Waals surface area contributed by atoms with Gasteiger partial charge < -0.3 is 15.8 Å². The fourth-order valence-electron chi connectivity index (χ4n) is 0.775. The molecule has 0 heterocycles. The Morgan fingerprint density at radius 3 is 2.50 bits per heavy atom. The molecule has 3 nitrogen and oxygen atoms in total. The number of rotatable bonds is 1. The molecule has 6 heteroatoms. The molecule has 0 radical (unpaired) electrons. The summed E-state index contributed by atoms with van der Waals surface area (Å²) in [5.41, 5.74) is 4.95. The number of benzene rings is 1. The van der Waals surface area contributed by atoms with Crippen LogP contribution in [0.4, 0.5) is 10.1 Å². The van der Waals surface area contributed by atoms with Gasteiger partial charge in [-0.2, -0.15) is 0 Å². The van der Waals surface area contributed by atoms with E-state index in [-0.39, 0.29) is 16.2 Å². The molecule has 0 saturated carbocycles. The third-order valence-corrected chi connectivity index (χ3v) is 1.72. The maximum Gasteiger partial charge on any atom is 0.490 e. The summed E-state index contributed by atoms with van der Waals surface area (Å²) >= 11 is 5.53. The Balaban J connectivity index is 3.23. The Labute approximate surface area is 73.7 Å². The first-order valence-corrected chi connectivity index (χ1v) is 3.50. The zero-order valence-electron chi connectivity index (χ0n) is 5.96. The van der Waals surface area contributed by atoms with Gasteiger partial charge in [0, 0.05) is 10.5 Å². The molecule has 1 aromatic rings. The molecule has 4 N–H and O–H groups in total. The first-order chi connectivity index (χ1) is 5.52. The summed E-state index contributed by atoms with van der Waals surface area (Å²) in [6, 6.07) is 2.02. The lowest BCUT2D eigenvalue weighted by molar-refractivity contribution is 0.425. The molecule has 0 atom stereocenters. The predicted octanol–water partition coefficient (Wildman–Crippen LogP) is -0.259. The summed E-state index contributed by atoms with van der Waals surface area (Å²) in [6.45, 7) is 0. The molecule has 0 spiro atoms. The summed E-state index contributed by atoms with van der Waals surface area (Å²) in [5.74, 6) is -0.720. The van der Waals surface area contributed by atoms with E-state index in [0.29, 0.717) is 0 Å². The largest absolute Gasteiger partial charge is 0.490 e. The van der Waals surface area contributed by atoms with Gasteiger partial charge in [-0.3, -0.25) is 0 Å². The highest BCUT2D eigenvalue weighted by Gasteiger charge is 2.17. The predicted molar refractivity (Wildman–Crippen MR) is 45.6 cm³/mol. The molecular formula is C6H6BClFNO2. The van der Waals surface area contributed by atoms with Crippen LogP contribution in [0.5, 0.6) is 0 Å². The molecule has 0 aliphatic rings. The Hall–Kier alpha value is -0.775. The van der Waals surface area contributed by atoms with Gasteiger partial charge in [0.2, 0.25) is 0 Å². The highest BCUT2D eigenvalue weighted by atomic mass is 35.5. The van der Waals surface area contributed by atoms with E-state index in [4.69, 9.17) is 27.4 Å². The van der Waals surface area contributed by atoms with Crippen molar-refractivity contribution in [3.05, 3.63) is 23.0 Å². The number of hydrogen-bond donors (Lipinski definition) is 3. The molecule has 0 aromatic heterocycles. The van der Waals surface area contributed by atoms with Crippen LogP contribution in [-0.2, 0) is 0 Å². The summed E-state index contributed by atoms with van der Waals surface area (Å²) < 4.78 is 12.7. The molecule has 1 aromatic carbocycles. The van der Waals surface area contributed by atoms with Crippen LogP contribution in [0.25, 0.3) is 0 Å². The van der Waals surface area contributed by atoms with E-state index in [0.717, 1.165) is 12.1 Å². The lowest BCUT2D eigenvalue weighted by Crippen LogP contribution is -2.31. The first kappa shape index (κ1) is 9.31. The molecule has 0 aliphatic heterocycles. The second-order valence-corrected chi connectivity index (χ2v) is 2.68. The Kier molecular flexibility index (Phi) is 2.57. The van der Waals surface area contributed by atoms with Crippen molar-refractivity contribution >= 4 is 29.9 Å². The molecule has 0 fully saturated rings. The third kappa shape index (κ3) is 1.69. The second kappa shape index (κ2) is 3.31. The summed E-state index contributed by atoms with van der Waals surface area (Å²) in [4.78, 5) is 0. The van der Waals surface area contributed by atoms with Gasteiger partial charge >= 0.3 is 7.12 Å². The van der Waals surface area contributed by atoms with Gasteiger partial charge in [0.1, 0.15) is 5.82 Å². The maximum atomic E-state index is 12.7. The van der Waals surface area contributed by atoms with E-state index in [2.05, 4.69) is 0 Å². The van der Waals surface area contributed by atoms with Crippen LogP contribution in [-0.4, -0.2) is 17.2 Å². The van der Waals surface area contributed by atoms with Gasteiger partial charge in [-0.25, -0.2) is 4.39 Å². The summed E-state index contributed by atoms with van der Waals surface area (Å²) in [6.07, 6.45) is 0. The van der Waals surface area contributed by atoms with Crippen molar-refractivity contribution < 1.29 is 14.4 Å².